The molecule has 158 valence electrons. The molecule has 0 saturated heterocycles. The SMILES string of the molecule is CCOC(=O)CSc1nnc(NC(=O)c2cc3ccccc3n2Cc2ccccc2)s1. The molecule has 4 aromatic rings. The molecule has 0 unspecified atom stereocenters. The Morgan fingerprint density at radius 1 is 1.10 bits per heavy atom. The summed E-state index contributed by atoms with van der Waals surface area (Å²) in [7, 11) is 0. The van der Waals surface area contributed by atoms with Crippen LogP contribution in [0.1, 0.15) is 23.0 Å². The number of hydrogen-bond acceptors (Lipinski definition) is 7. The van der Waals surface area contributed by atoms with Crippen LogP contribution in [0.25, 0.3) is 10.9 Å². The maximum Gasteiger partial charge on any atom is 0.316 e. The Kier molecular flexibility index (Phi) is 6.63. The average molecular weight is 453 g/mol. The number of fused-ring (bicyclic) bond motifs is 1. The summed E-state index contributed by atoms with van der Waals surface area (Å²) in [6, 6.07) is 19.8. The summed E-state index contributed by atoms with van der Waals surface area (Å²) in [6.45, 7) is 2.68. The minimum absolute atomic E-state index is 0.154. The van der Waals surface area contributed by atoms with Crippen LogP contribution < -0.4 is 5.32 Å². The molecule has 0 bridgehead atoms. The van der Waals surface area contributed by atoms with Crippen molar-refractivity contribution < 1.29 is 14.3 Å². The first kappa shape index (κ1) is 21.1. The third-order valence-electron chi connectivity index (χ3n) is 4.47. The molecule has 2 aromatic heterocycles. The molecule has 31 heavy (non-hydrogen) atoms. The highest BCUT2D eigenvalue weighted by Crippen LogP contribution is 2.27. The fraction of sp³-hybridized carbons (Fsp3) is 0.182. The van der Waals surface area contributed by atoms with Gasteiger partial charge in [0.1, 0.15) is 5.69 Å². The molecule has 0 saturated carbocycles. The molecule has 2 heterocycles. The number of hydrogen-bond donors (Lipinski definition) is 1. The Morgan fingerprint density at radius 3 is 2.68 bits per heavy atom. The molecule has 9 heteroatoms. The highest BCUT2D eigenvalue weighted by atomic mass is 32.2. The predicted octanol–water partition coefficient (Wildman–Crippen LogP) is 4.45. The van der Waals surface area contributed by atoms with Gasteiger partial charge in [-0.05, 0) is 24.6 Å². The van der Waals surface area contributed by atoms with Crippen LogP contribution >= 0.6 is 23.1 Å². The second-order valence-electron chi connectivity index (χ2n) is 6.58. The molecule has 1 N–H and O–H groups in total. The number of anilines is 1. The summed E-state index contributed by atoms with van der Waals surface area (Å²) < 4.78 is 7.50. The van der Waals surface area contributed by atoms with Crippen molar-refractivity contribution in [3.63, 3.8) is 0 Å². The van der Waals surface area contributed by atoms with E-state index in [4.69, 9.17) is 4.74 Å². The molecular formula is C22H20N4O3S2. The Hall–Kier alpha value is -3.17. The predicted molar refractivity (Wildman–Crippen MR) is 123 cm³/mol. The van der Waals surface area contributed by atoms with Crippen LogP contribution in [0, 0.1) is 0 Å². The molecule has 0 atom stereocenters. The van der Waals surface area contributed by atoms with Gasteiger partial charge in [0.2, 0.25) is 5.13 Å². The van der Waals surface area contributed by atoms with Crippen molar-refractivity contribution in [1.29, 1.82) is 0 Å². The Morgan fingerprint density at radius 2 is 1.87 bits per heavy atom. The van der Waals surface area contributed by atoms with E-state index in [9.17, 15) is 9.59 Å². The standard InChI is InChI=1S/C22H20N4O3S2/c1-2-29-19(27)14-30-22-25-24-21(31-22)23-20(28)18-12-16-10-6-7-11-17(16)26(18)13-15-8-4-3-5-9-15/h3-12H,2,13-14H2,1H3,(H,23,24,28). The fourth-order valence-corrected chi connectivity index (χ4v) is 4.68. The van der Waals surface area contributed by atoms with Gasteiger partial charge >= 0.3 is 5.97 Å². The molecule has 1 amide bonds. The Balaban J connectivity index is 1.53. The lowest BCUT2D eigenvalue weighted by atomic mass is 10.2. The van der Waals surface area contributed by atoms with Crippen molar-refractivity contribution in [2.24, 2.45) is 0 Å². The average Bonchev–Trinajstić information content (AvgIpc) is 3.38. The number of thioether (sulfide) groups is 1. The van der Waals surface area contributed by atoms with Crippen LogP contribution in [0.15, 0.2) is 65.0 Å². The maximum atomic E-state index is 13.1. The molecular weight excluding hydrogens is 432 g/mol. The number of nitrogens with zero attached hydrogens (tertiary/aromatic N) is 3. The van der Waals surface area contributed by atoms with E-state index in [1.807, 2.05) is 65.2 Å². The lowest BCUT2D eigenvalue weighted by Gasteiger charge is -2.10. The summed E-state index contributed by atoms with van der Waals surface area (Å²) in [5, 5.41) is 12.3. The fourth-order valence-electron chi connectivity index (χ4n) is 3.14. The quantitative estimate of drug-likeness (QED) is 0.242. The second-order valence-corrected chi connectivity index (χ2v) is 8.78. The van der Waals surface area contributed by atoms with E-state index in [1.54, 1.807) is 6.92 Å². The molecule has 0 aliphatic rings. The number of carbonyl (C=O) groups excluding carboxylic acids is 2. The van der Waals surface area contributed by atoms with Crippen molar-refractivity contribution >= 4 is 51.0 Å². The summed E-state index contributed by atoms with van der Waals surface area (Å²) in [5.41, 5.74) is 2.63. The third-order valence-corrected chi connectivity index (χ3v) is 6.42. The van der Waals surface area contributed by atoms with Crippen molar-refractivity contribution in [1.82, 2.24) is 14.8 Å². The zero-order chi connectivity index (χ0) is 21.6. The monoisotopic (exact) mass is 452 g/mol. The van der Waals surface area contributed by atoms with Gasteiger partial charge < -0.3 is 9.30 Å². The number of nitrogens with one attached hydrogen (secondary N) is 1. The normalized spacial score (nSPS) is 10.9. The molecule has 4 rings (SSSR count). The Bertz CT molecular complexity index is 1200. The second kappa shape index (κ2) is 9.76. The van der Waals surface area contributed by atoms with Gasteiger partial charge in [-0.3, -0.25) is 14.9 Å². The molecule has 0 aliphatic heterocycles. The highest BCUT2D eigenvalue weighted by molar-refractivity contribution is 8.01. The van der Waals surface area contributed by atoms with Crippen molar-refractivity contribution in [2.45, 2.75) is 17.8 Å². The van der Waals surface area contributed by atoms with Gasteiger partial charge in [-0.2, -0.15) is 0 Å². The zero-order valence-corrected chi connectivity index (χ0v) is 18.4. The van der Waals surface area contributed by atoms with Crippen molar-refractivity contribution in [3.8, 4) is 0 Å². The number of benzene rings is 2. The van der Waals surface area contributed by atoms with Crippen LogP contribution in [-0.4, -0.2) is 39.0 Å². The van der Waals surface area contributed by atoms with Crippen LogP contribution in [0.3, 0.4) is 0 Å². The number of carbonyl (C=O) groups is 2. The minimum atomic E-state index is -0.307. The number of aromatic nitrogens is 3. The lowest BCUT2D eigenvalue weighted by Crippen LogP contribution is -2.17. The summed E-state index contributed by atoms with van der Waals surface area (Å²) in [6.07, 6.45) is 0. The zero-order valence-electron chi connectivity index (χ0n) is 16.8. The topological polar surface area (TPSA) is 86.1 Å². The van der Waals surface area contributed by atoms with Crippen LogP contribution in [-0.2, 0) is 16.1 Å². The number of rotatable bonds is 8. The molecule has 0 spiro atoms. The first-order valence-corrected chi connectivity index (χ1v) is 11.5. The lowest BCUT2D eigenvalue weighted by molar-refractivity contribution is -0.139. The van der Waals surface area contributed by atoms with Crippen LogP contribution in [0.5, 0.6) is 0 Å². The van der Waals surface area contributed by atoms with E-state index < -0.39 is 0 Å². The molecule has 0 fully saturated rings. The van der Waals surface area contributed by atoms with Crippen LogP contribution in [0.2, 0.25) is 0 Å². The minimum Gasteiger partial charge on any atom is -0.465 e. The van der Waals surface area contributed by atoms with Crippen molar-refractivity contribution in [2.75, 3.05) is 17.7 Å². The Labute approximate surface area is 187 Å². The summed E-state index contributed by atoms with van der Waals surface area (Å²) in [4.78, 5) is 24.6. The van der Waals surface area contributed by atoms with E-state index in [0.717, 1.165) is 16.5 Å². The van der Waals surface area contributed by atoms with Gasteiger partial charge in [-0.1, -0.05) is 71.6 Å². The van der Waals surface area contributed by atoms with Gasteiger partial charge in [0.15, 0.2) is 4.34 Å². The van der Waals surface area contributed by atoms with E-state index in [2.05, 4.69) is 15.5 Å². The smallest absolute Gasteiger partial charge is 0.316 e. The van der Waals surface area contributed by atoms with E-state index >= 15 is 0 Å². The van der Waals surface area contributed by atoms with E-state index in [0.29, 0.717) is 28.3 Å². The summed E-state index contributed by atoms with van der Waals surface area (Å²) >= 11 is 2.46. The third kappa shape index (κ3) is 5.12. The molecule has 7 nitrogen and oxygen atoms in total. The van der Waals surface area contributed by atoms with Crippen LogP contribution in [0.4, 0.5) is 5.13 Å². The molecule has 2 aromatic carbocycles. The van der Waals surface area contributed by atoms with Gasteiger partial charge in [0.05, 0.1) is 12.4 Å². The maximum absolute atomic E-state index is 13.1. The number of esters is 1. The number of amides is 1. The molecule has 0 radical (unpaired) electrons. The van der Waals surface area contributed by atoms with E-state index in [1.165, 1.54) is 23.1 Å². The molecule has 0 aliphatic carbocycles. The first-order valence-electron chi connectivity index (χ1n) is 9.69. The van der Waals surface area contributed by atoms with Gasteiger partial charge in [0, 0.05) is 17.4 Å². The highest BCUT2D eigenvalue weighted by Gasteiger charge is 2.18. The number of ether oxygens (including phenoxy) is 1. The van der Waals surface area contributed by atoms with Gasteiger partial charge in [0.25, 0.3) is 5.91 Å². The van der Waals surface area contributed by atoms with E-state index in [-0.39, 0.29) is 17.6 Å². The van der Waals surface area contributed by atoms with Crippen molar-refractivity contribution in [3.05, 3.63) is 71.9 Å². The van der Waals surface area contributed by atoms with Gasteiger partial charge in [-0.15, -0.1) is 10.2 Å². The van der Waals surface area contributed by atoms with Gasteiger partial charge in [-0.25, -0.2) is 0 Å². The summed E-state index contributed by atoms with van der Waals surface area (Å²) in [5.74, 6) is -0.411. The number of para-hydroxylation sites is 1. The first-order chi connectivity index (χ1) is 15.1. The largest absolute Gasteiger partial charge is 0.465 e.